The Hall–Kier alpha value is -2.41. The SMILES string of the molecule is Cc1occc1-c1nnc(SC(C)C(=O)c2ccc(F)cc2)n1C. The second-order valence-electron chi connectivity index (χ2n) is 5.39. The highest BCUT2D eigenvalue weighted by atomic mass is 32.2. The number of benzene rings is 1. The number of carbonyl (C=O) groups is 1. The van der Waals surface area contributed by atoms with Crippen LogP contribution < -0.4 is 0 Å². The van der Waals surface area contributed by atoms with Crippen molar-refractivity contribution in [2.45, 2.75) is 24.3 Å². The lowest BCUT2D eigenvalue weighted by Gasteiger charge is -2.10. The number of hydrogen-bond donors (Lipinski definition) is 0. The maximum absolute atomic E-state index is 13.0. The molecule has 0 radical (unpaired) electrons. The van der Waals surface area contributed by atoms with Crippen LogP contribution in [0.1, 0.15) is 23.0 Å². The van der Waals surface area contributed by atoms with E-state index in [1.165, 1.54) is 36.0 Å². The number of aryl methyl sites for hydroxylation is 1. The molecule has 1 unspecified atom stereocenters. The molecule has 7 heteroatoms. The molecule has 0 N–H and O–H groups in total. The van der Waals surface area contributed by atoms with Crippen LogP contribution in [0, 0.1) is 12.7 Å². The summed E-state index contributed by atoms with van der Waals surface area (Å²) in [6.07, 6.45) is 1.60. The van der Waals surface area contributed by atoms with Gasteiger partial charge in [0.1, 0.15) is 11.6 Å². The molecule has 2 heterocycles. The maximum Gasteiger partial charge on any atom is 0.191 e. The topological polar surface area (TPSA) is 60.9 Å². The number of hydrogen-bond acceptors (Lipinski definition) is 5. The number of nitrogens with zero attached hydrogens (tertiary/aromatic N) is 3. The Kier molecular flexibility index (Phi) is 4.53. The molecule has 124 valence electrons. The van der Waals surface area contributed by atoms with E-state index in [2.05, 4.69) is 10.2 Å². The quantitative estimate of drug-likeness (QED) is 0.519. The van der Waals surface area contributed by atoms with E-state index in [9.17, 15) is 9.18 Å². The predicted octanol–water partition coefficient (Wildman–Crippen LogP) is 3.89. The van der Waals surface area contributed by atoms with Crippen LogP contribution in [0.3, 0.4) is 0 Å². The van der Waals surface area contributed by atoms with Crippen LogP contribution in [0.25, 0.3) is 11.4 Å². The van der Waals surface area contributed by atoms with Gasteiger partial charge in [0.05, 0.1) is 17.1 Å². The minimum Gasteiger partial charge on any atom is -0.469 e. The van der Waals surface area contributed by atoms with Crippen LogP contribution in [0.5, 0.6) is 0 Å². The molecule has 0 fully saturated rings. The lowest BCUT2D eigenvalue weighted by atomic mass is 10.1. The van der Waals surface area contributed by atoms with Gasteiger partial charge in [-0.1, -0.05) is 11.8 Å². The number of furan rings is 1. The normalized spacial score (nSPS) is 12.3. The van der Waals surface area contributed by atoms with Gasteiger partial charge in [-0.25, -0.2) is 4.39 Å². The zero-order valence-corrected chi connectivity index (χ0v) is 14.3. The van der Waals surface area contributed by atoms with E-state index in [0.717, 1.165) is 11.3 Å². The van der Waals surface area contributed by atoms with E-state index < -0.39 is 0 Å². The summed E-state index contributed by atoms with van der Waals surface area (Å²) in [5.74, 6) is 1.01. The summed E-state index contributed by atoms with van der Waals surface area (Å²) in [4.78, 5) is 12.4. The van der Waals surface area contributed by atoms with Crippen LogP contribution in [0.15, 0.2) is 46.2 Å². The van der Waals surface area contributed by atoms with Crippen LogP contribution in [-0.4, -0.2) is 25.8 Å². The van der Waals surface area contributed by atoms with Crippen LogP contribution in [0.2, 0.25) is 0 Å². The van der Waals surface area contributed by atoms with Crippen molar-refractivity contribution >= 4 is 17.5 Å². The van der Waals surface area contributed by atoms with E-state index >= 15 is 0 Å². The number of halogens is 1. The molecule has 2 aromatic heterocycles. The molecule has 0 aliphatic heterocycles. The third-order valence-electron chi connectivity index (χ3n) is 3.71. The van der Waals surface area contributed by atoms with Gasteiger partial charge in [0.15, 0.2) is 16.8 Å². The van der Waals surface area contributed by atoms with Crippen molar-refractivity contribution in [2.24, 2.45) is 7.05 Å². The second-order valence-corrected chi connectivity index (χ2v) is 6.69. The Bertz CT molecular complexity index is 870. The van der Waals surface area contributed by atoms with E-state index in [4.69, 9.17) is 4.42 Å². The summed E-state index contributed by atoms with van der Waals surface area (Å²) < 4.78 is 20.1. The molecule has 0 aliphatic carbocycles. The van der Waals surface area contributed by atoms with Crippen molar-refractivity contribution in [1.29, 1.82) is 0 Å². The van der Waals surface area contributed by atoms with E-state index in [1.807, 2.05) is 24.6 Å². The highest BCUT2D eigenvalue weighted by Crippen LogP contribution is 2.29. The van der Waals surface area contributed by atoms with Crippen molar-refractivity contribution < 1.29 is 13.6 Å². The molecule has 24 heavy (non-hydrogen) atoms. The highest BCUT2D eigenvalue weighted by molar-refractivity contribution is 8.00. The van der Waals surface area contributed by atoms with E-state index in [0.29, 0.717) is 16.5 Å². The Balaban J connectivity index is 1.79. The average molecular weight is 345 g/mol. The first kappa shape index (κ1) is 16.4. The number of Topliss-reactive ketones (excluding diaryl/α,β-unsaturated/α-hetero) is 1. The molecule has 3 aromatic rings. The fraction of sp³-hybridized carbons (Fsp3) is 0.235. The molecule has 0 aliphatic rings. The lowest BCUT2D eigenvalue weighted by Crippen LogP contribution is -2.14. The van der Waals surface area contributed by atoms with Crippen LogP contribution in [0.4, 0.5) is 4.39 Å². The fourth-order valence-corrected chi connectivity index (χ4v) is 3.22. The summed E-state index contributed by atoms with van der Waals surface area (Å²) in [6.45, 7) is 3.66. The zero-order chi connectivity index (χ0) is 17.3. The van der Waals surface area contributed by atoms with Gasteiger partial charge in [-0.3, -0.25) is 4.79 Å². The van der Waals surface area contributed by atoms with Gasteiger partial charge in [0.25, 0.3) is 0 Å². The first-order valence-electron chi connectivity index (χ1n) is 7.37. The summed E-state index contributed by atoms with van der Waals surface area (Å²) in [6, 6.07) is 7.39. The van der Waals surface area contributed by atoms with Gasteiger partial charge in [0.2, 0.25) is 0 Å². The minimum atomic E-state index is -0.364. The summed E-state index contributed by atoms with van der Waals surface area (Å²) in [7, 11) is 1.85. The van der Waals surface area contributed by atoms with Crippen LogP contribution in [-0.2, 0) is 7.05 Å². The molecule has 1 aromatic carbocycles. The third kappa shape index (κ3) is 3.12. The maximum atomic E-state index is 13.0. The zero-order valence-electron chi connectivity index (χ0n) is 13.5. The van der Waals surface area contributed by atoms with Crippen molar-refractivity contribution in [3.8, 4) is 11.4 Å². The molecule has 0 amide bonds. The summed E-state index contributed by atoms with van der Waals surface area (Å²) >= 11 is 1.32. The predicted molar refractivity (Wildman–Crippen MR) is 89.5 cm³/mol. The first-order valence-corrected chi connectivity index (χ1v) is 8.25. The van der Waals surface area contributed by atoms with Crippen molar-refractivity contribution in [3.05, 3.63) is 53.7 Å². The first-order chi connectivity index (χ1) is 11.5. The van der Waals surface area contributed by atoms with Gasteiger partial charge in [0, 0.05) is 12.6 Å². The lowest BCUT2D eigenvalue weighted by molar-refractivity contribution is 0.0994. The minimum absolute atomic E-state index is 0.0796. The average Bonchev–Trinajstić information content (AvgIpc) is 3.14. The van der Waals surface area contributed by atoms with Crippen molar-refractivity contribution in [1.82, 2.24) is 14.8 Å². The molecule has 0 saturated carbocycles. The fourth-order valence-electron chi connectivity index (χ4n) is 2.33. The number of ketones is 1. The Morgan fingerprint density at radius 2 is 1.96 bits per heavy atom. The number of aromatic nitrogens is 3. The van der Waals surface area contributed by atoms with Crippen LogP contribution >= 0.6 is 11.8 Å². The van der Waals surface area contributed by atoms with Gasteiger partial charge in [-0.05, 0) is 44.2 Å². The molecular weight excluding hydrogens is 329 g/mol. The summed E-state index contributed by atoms with van der Waals surface area (Å²) in [5.41, 5.74) is 1.35. The third-order valence-corrected chi connectivity index (χ3v) is 4.85. The molecule has 1 atom stereocenters. The molecule has 5 nitrogen and oxygen atoms in total. The van der Waals surface area contributed by atoms with E-state index in [1.54, 1.807) is 13.2 Å². The van der Waals surface area contributed by atoms with E-state index in [-0.39, 0.29) is 16.9 Å². The number of rotatable bonds is 5. The molecular formula is C17H16FN3O2S. The van der Waals surface area contributed by atoms with Crippen molar-refractivity contribution in [3.63, 3.8) is 0 Å². The van der Waals surface area contributed by atoms with Crippen molar-refractivity contribution in [2.75, 3.05) is 0 Å². The molecule has 0 bridgehead atoms. The van der Waals surface area contributed by atoms with Gasteiger partial charge in [-0.15, -0.1) is 10.2 Å². The Labute approximate surface area is 142 Å². The monoisotopic (exact) mass is 345 g/mol. The Morgan fingerprint density at radius 1 is 1.25 bits per heavy atom. The molecule has 0 spiro atoms. The smallest absolute Gasteiger partial charge is 0.191 e. The number of carbonyl (C=O) groups excluding carboxylic acids is 1. The second kappa shape index (κ2) is 6.60. The molecule has 3 rings (SSSR count). The number of thioether (sulfide) groups is 1. The standard InChI is InChI=1S/C17H16FN3O2S/c1-10-14(8-9-23-10)16-19-20-17(21(16)3)24-11(2)15(22)12-4-6-13(18)7-5-12/h4-9,11H,1-3H3. The van der Waals surface area contributed by atoms with Gasteiger partial charge >= 0.3 is 0 Å². The van der Waals surface area contributed by atoms with Gasteiger partial charge < -0.3 is 8.98 Å². The van der Waals surface area contributed by atoms with Gasteiger partial charge in [-0.2, -0.15) is 0 Å². The Morgan fingerprint density at radius 3 is 2.58 bits per heavy atom. The largest absolute Gasteiger partial charge is 0.469 e. The molecule has 0 saturated heterocycles. The highest BCUT2D eigenvalue weighted by Gasteiger charge is 2.21. The summed E-state index contributed by atoms with van der Waals surface area (Å²) in [5, 5.41) is 8.62.